The van der Waals surface area contributed by atoms with Crippen LogP contribution in [0.3, 0.4) is 0 Å². The highest BCUT2D eigenvalue weighted by Crippen LogP contribution is 1.98. The number of nitrogens with zero attached hydrogens (tertiary/aromatic N) is 3. The standard InChI is InChI=1S/C3H4N4O4/c4-1-3(5,7(10)11)2-6(8)9/h2,5H2. The second-order valence-electron chi connectivity index (χ2n) is 1.78. The van der Waals surface area contributed by atoms with Crippen molar-refractivity contribution in [1.29, 1.82) is 5.26 Å². The number of hydrogen-bond acceptors (Lipinski definition) is 6. The third kappa shape index (κ3) is 2.15. The van der Waals surface area contributed by atoms with Gasteiger partial charge in [0, 0.05) is 4.92 Å². The van der Waals surface area contributed by atoms with Gasteiger partial charge in [0.15, 0.2) is 6.07 Å². The first kappa shape index (κ1) is 9.25. The largest absolute Gasteiger partial charge is 0.421 e. The molecule has 0 rings (SSSR count). The molecule has 0 aromatic heterocycles. The molecule has 0 aliphatic carbocycles. The maximum atomic E-state index is 9.94. The van der Waals surface area contributed by atoms with Crippen LogP contribution in [0.5, 0.6) is 0 Å². The molecule has 0 spiro atoms. The summed E-state index contributed by atoms with van der Waals surface area (Å²) in [5.41, 5.74) is 2.13. The van der Waals surface area contributed by atoms with E-state index in [0.29, 0.717) is 0 Å². The van der Waals surface area contributed by atoms with Crippen molar-refractivity contribution in [3.05, 3.63) is 20.2 Å². The van der Waals surface area contributed by atoms with Crippen molar-refractivity contribution in [2.75, 3.05) is 6.54 Å². The van der Waals surface area contributed by atoms with Gasteiger partial charge in [-0.25, -0.2) is 5.73 Å². The van der Waals surface area contributed by atoms with Crippen molar-refractivity contribution >= 4 is 0 Å². The van der Waals surface area contributed by atoms with Gasteiger partial charge in [0.05, 0.1) is 4.92 Å². The Balaban J connectivity index is 4.51. The first-order valence-electron chi connectivity index (χ1n) is 2.39. The van der Waals surface area contributed by atoms with E-state index >= 15 is 0 Å². The van der Waals surface area contributed by atoms with Crippen molar-refractivity contribution in [2.24, 2.45) is 5.73 Å². The molecule has 0 aromatic rings. The van der Waals surface area contributed by atoms with Crippen LogP contribution >= 0.6 is 0 Å². The highest BCUT2D eigenvalue weighted by Gasteiger charge is 2.44. The number of rotatable bonds is 3. The predicted molar refractivity (Wildman–Crippen MR) is 31.4 cm³/mol. The molecule has 0 saturated heterocycles. The molecule has 8 nitrogen and oxygen atoms in total. The van der Waals surface area contributed by atoms with Crippen LogP contribution in [-0.4, -0.2) is 22.1 Å². The second kappa shape index (κ2) is 2.89. The summed E-state index contributed by atoms with van der Waals surface area (Å²) in [6.07, 6.45) is 0. The second-order valence-corrected chi connectivity index (χ2v) is 1.78. The van der Waals surface area contributed by atoms with Gasteiger partial charge in [-0.3, -0.25) is 20.2 Å². The molecular formula is C3H4N4O4. The molecule has 60 valence electrons. The first-order valence-corrected chi connectivity index (χ1v) is 2.39. The fourth-order valence-electron chi connectivity index (χ4n) is 0.331. The Morgan fingerprint density at radius 1 is 1.55 bits per heavy atom. The summed E-state index contributed by atoms with van der Waals surface area (Å²) in [5.74, 6) is 0. The third-order valence-electron chi connectivity index (χ3n) is 0.890. The molecule has 0 amide bonds. The van der Waals surface area contributed by atoms with E-state index in [9.17, 15) is 20.2 Å². The van der Waals surface area contributed by atoms with E-state index in [2.05, 4.69) is 0 Å². The fraction of sp³-hybridized carbons (Fsp3) is 0.667. The number of nitrogens with two attached hydrogens (primary N) is 1. The van der Waals surface area contributed by atoms with Crippen molar-refractivity contribution < 1.29 is 9.85 Å². The van der Waals surface area contributed by atoms with Crippen LogP contribution in [0.1, 0.15) is 0 Å². The Kier molecular flexibility index (Phi) is 2.43. The molecule has 8 heteroatoms. The lowest BCUT2D eigenvalue weighted by Gasteiger charge is -2.05. The zero-order valence-corrected chi connectivity index (χ0v) is 5.26. The zero-order valence-electron chi connectivity index (χ0n) is 5.26. The van der Waals surface area contributed by atoms with Gasteiger partial charge in [-0.1, -0.05) is 0 Å². The van der Waals surface area contributed by atoms with Crippen LogP contribution in [0.15, 0.2) is 0 Å². The van der Waals surface area contributed by atoms with Crippen LogP contribution < -0.4 is 5.73 Å². The highest BCUT2D eigenvalue weighted by molar-refractivity contribution is 4.95. The minimum absolute atomic E-state index is 1.01. The molecule has 1 atom stereocenters. The van der Waals surface area contributed by atoms with Gasteiger partial charge in [0.2, 0.25) is 0 Å². The SMILES string of the molecule is N#CC(N)(C[N+](=O)[O-])[N+](=O)[O-]. The van der Waals surface area contributed by atoms with Gasteiger partial charge in [-0.2, -0.15) is 5.26 Å². The van der Waals surface area contributed by atoms with E-state index in [0.717, 1.165) is 6.07 Å². The monoisotopic (exact) mass is 160 g/mol. The van der Waals surface area contributed by atoms with Crippen molar-refractivity contribution in [1.82, 2.24) is 0 Å². The molecule has 0 aromatic carbocycles. The van der Waals surface area contributed by atoms with Crippen LogP contribution in [0, 0.1) is 31.6 Å². The maximum absolute atomic E-state index is 9.94. The molecule has 0 saturated carbocycles. The van der Waals surface area contributed by atoms with Crippen LogP contribution in [-0.2, 0) is 0 Å². The van der Waals surface area contributed by atoms with E-state index in [4.69, 9.17) is 11.0 Å². The minimum Gasteiger partial charge on any atom is -0.264 e. The van der Waals surface area contributed by atoms with Crippen LogP contribution in [0.4, 0.5) is 0 Å². The van der Waals surface area contributed by atoms with Crippen LogP contribution in [0.2, 0.25) is 0 Å². The van der Waals surface area contributed by atoms with Crippen molar-refractivity contribution in [3.63, 3.8) is 0 Å². The molecule has 0 aliphatic rings. The molecule has 0 fully saturated rings. The summed E-state index contributed by atoms with van der Waals surface area (Å²) in [5, 5.41) is 27.8. The van der Waals surface area contributed by atoms with Crippen molar-refractivity contribution in [3.8, 4) is 6.07 Å². The summed E-state index contributed by atoms with van der Waals surface area (Å²) < 4.78 is 0. The lowest BCUT2D eigenvalue weighted by molar-refractivity contribution is -0.611. The van der Waals surface area contributed by atoms with Crippen LogP contribution in [0.25, 0.3) is 0 Å². The number of nitriles is 1. The van der Waals surface area contributed by atoms with E-state index in [-0.39, 0.29) is 0 Å². The van der Waals surface area contributed by atoms with Gasteiger partial charge in [-0.05, 0) is 0 Å². The third-order valence-corrected chi connectivity index (χ3v) is 0.890. The molecular weight excluding hydrogens is 156 g/mol. The van der Waals surface area contributed by atoms with E-state index in [1.807, 2.05) is 0 Å². The molecule has 0 heterocycles. The summed E-state index contributed by atoms with van der Waals surface area (Å²) in [6, 6.07) is 1.05. The van der Waals surface area contributed by atoms with Gasteiger partial charge >= 0.3 is 12.2 Å². The van der Waals surface area contributed by atoms with Gasteiger partial charge in [0.1, 0.15) is 0 Å². The van der Waals surface area contributed by atoms with Gasteiger partial charge < -0.3 is 0 Å². The minimum atomic E-state index is -2.61. The molecule has 0 radical (unpaired) electrons. The average Bonchev–Trinajstić information content (AvgIpc) is 1.86. The smallest absolute Gasteiger partial charge is 0.264 e. The highest BCUT2D eigenvalue weighted by atomic mass is 16.6. The first-order chi connectivity index (χ1) is 4.92. The Hall–Kier alpha value is -1.75. The molecule has 11 heavy (non-hydrogen) atoms. The normalized spacial score (nSPS) is 14.5. The Labute approximate surface area is 60.5 Å². The Morgan fingerprint density at radius 2 is 2.00 bits per heavy atom. The summed E-state index contributed by atoms with van der Waals surface area (Å²) in [6.45, 7) is -1.20. The summed E-state index contributed by atoms with van der Waals surface area (Å²) >= 11 is 0. The fourth-order valence-corrected chi connectivity index (χ4v) is 0.331. The van der Waals surface area contributed by atoms with Crippen molar-refractivity contribution in [2.45, 2.75) is 5.66 Å². The number of nitro groups is 2. The average molecular weight is 160 g/mol. The van der Waals surface area contributed by atoms with E-state index in [1.165, 1.54) is 0 Å². The lowest BCUT2D eigenvalue weighted by atomic mass is 10.2. The lowest BCUT2D eigenvalue weighted by Crippen LogP contribution is -2.51. The van der Waals surface area contributed by atoms with Gasteiger partial charge in [0.25, 0.3) is 0 Å². The summed E-state index contributed by atoms with van der Waals surface area (Å²) in [4.78, 5) is 17.5. The molecule has 2 N–H and O–H groups in total. The number of hydrogen-bond donors (Lipinski definition) is 1. The predicted octanol–water partition coefficient (Wildman–Crippen LogP) is -1.28. The van der Waals surface area contributed by atoms with E-state index in [1.54, 1.807) is 0 Å². The molecule has 0 aliphatic heterocycles. The maximum Gasteiger partial charge on any atom is 0.421 e. The van der Waals surface area contributed by atoms with E-state index < -0.39 is 22.1 Å². The Morgan fingerprint density at radius 3 is 2.09 bits per heavy atom. The molecule has 1 unspecified atom stereocenters. The topological polar surface area (TPSA) is 136 Å². The summed E-state index contributed by atoms with van der Waals surface area (Å²) in [7, 11) is 0. The quantitative estimate of drug-likeness (QED) is 0.310. The Bertz CT molecular complexity index is 232. The van der Waals surface area contributed by atoms with Gasteiger partial charge in [-0.15, -0.1) is 0 Å². The zero-order chi connectivity index (χ0) is 9.07. The molecule has 0 bridgehead atoms.